The van der Waals surface area contributed by atoms with Crippen LogP contribution in [-0.4, -0.2) is 29.9 Å². The molecule has 1 aliphatic heterocycles. The predicted molar refractivity (Wildman–Crippen MR) is 111 cm³/mol. The SMILES string of the molecule is CCN1Cc2ccccc2C(C2CCCCC2)([C@H]2CCC[C@@H]2NC(C)=O)C1. The van der Waals surface area contributed by atoms with Gasteiger partial charge in [0, 0.05) is 31.5 Å². The molecule has 2 saturated carbocycles. The third-order valence-electron chi connectivity index (χ3n) is 7.75. The Morgan fingerprint density at radius 3 is 2.63 bits per heavy atom. The van der Waals surface area contributed by atoms with Crippen molar-refractivity contribution in [3.63, 3.8) is 0 Å². The molecule has 3 nitrogen and oxygen atoms in total. The molecule has 2 fully saturated rings. The Kier molecular flexibility index (Phi) is 5.59. The standard InChI is InChI=1S/C24H36N2O/c1-3-26-16-19-10-7-8-13-21(19)24(17-26,20-11-5-4-6-12-20)22-14-9-15-23(22)25-18(2)27/h7-8,10,13,20,22-23H,3-6,9,11-12,14-17H2,1-2H3,(H,25,27)/t22-,23-,24?/m0/s1. The van der Waals surface area contributed by atoms with Gasteiger partial charge in [-0.05, 0) is 55.2 Å². The van der Waals surface area contributed by atoms with Crippen molar-refractivity contribution in [2.45, 2.75) is 83.2 Å². The van der Waals surface area contributed by atoms with Crippen molar-refractivity contribution in [1.29, 1.82) is 0 Å². The number of amides is 1. The molecule has 0 saturated heterocycles. The molecule has 0 radical (unpaired) electrons. The summed E-state index contributed by atoms with van der Waals surface area (Å²) in [6, 6.07) is 9.59. The van der Waals surface area contributed by atoms with Crippen LogP contribution in [0.4, 0.5) is 0 Å². The fraction of sp³-hybridized carbons (Fsp3) is 0.708. The van der Waals surface area contributed by atoms with Crippen LogP contribution < -0.4 is 5.32 Å². The molecule has 3 atom stereocenters. The summed E-state index contributed by atoms with van der Waals surface area (Å²) in [6.45, 7) is 7.36. The Morgan fingerprint density at radius 1 is 1.11 bits per heavy atom. The molecule has 2 aliphatic carbocycles. The van der Waals surface area contributed by atoms with Crippen LogP contribution in [0.25, 0.3) is 0 Å². The van der Waals surface area contributed by atoms with Gasteiger partial charge >= 0.3 is 0 Å². The maximum atomic E-state index is 12.0. The fourth-order valence-corrected chi connectivity index (χ4v) is 6.68. The van der Waals surface area contributed by atoms with Gasteiger partial charge in [-0.1, -0.05) is 56.9 Å². The lowest BCUT2D eigenvalue weighted by molar-refractivity contribution is -0.120. The van der Waals surface area contributed by atoms with Crippen LogP contribution in [0, 0.1) is 11.8 Å². The molecule has 0 spiro atoms. The van der Waals surface area contributed by atoms with Gasteiger partial charge in [-0.15, -0.1) is 0 Å². The summed E-state index contributed by atoms with van der Waals surface area (Å²) in [5.74, 6) is 1.46. The number of carbonyl (C=O) groups excluding carboxylic acids is 1. The summed E-state index contributed by atoms with van der Waals surface area (Å²) in [5.41, 5.74) is 3.35. The van der Waals surface area contributed by atoms with E-state index in [2.05, 4.69) is 41.4 Å². The lowest BCUT2D eigenvalue weighted by Gasteiger charge is -2.54. The molecule has 3 heteroatoms. The summed E-state index contributed by atoms with van der Waals surface area (Å²) in [6.07, 6.45) is 10.5. The van der Waals surface area contributed by atoms with Gasteiger partial charge in [-0.3, -0.25) is 9.69 Å². The second kappa shape index (κ2) is 7.95. The van der Waals surface area contributed by atoms with Crippen LogP contribution in [-0.2, 0) is 16.8 Å². The van der Waals surface area contributed by atoms with E-state index in [4.69, 9.17) is 0 Å². The number of likely N-dealkylation sites (N-methyl/N-ethyl adjacent to an activating group) is 1. The first kappa shape index (κ1) is 19.0. The molecule has 1 aromatic carbocycles. The van der Waals surface area contributed by atoms with E-state index in [9.17, 15) is 4.79 Å². The van der Waals surface area contributed by atoms with E-state index in [0.717, 1.165) is 25.4 Å². The van der Waals surface area contributed by atoms with E-state index in [1.54, 1.807) is 12.5 Å². The Bertz CT molecular complexity index is 666. The molecule has 0 aromatic heterocycles. The lowest BCUT2D eigenvalue weighted by Crippen LogP contribution is -2.58. The third-order valence-corrected chi connectivity index (χ3v) is 7.75. The van der Waals surface area contributed by atoms with Crippen LogP contribution >= 0.6 is 0 Å². The van der Waals surface area contributed by atoms with E-state index >= 15 is 0 Å². The second-order valence-corrected chi connectivity index (χ2v) is 9.18. The number of benzene rings is 1. The minimum absolute atomic E-state index is 0.141. The number of hydrogen-bond donors (Lipinski definition) is 1. The molecular weight excluding hydrogens is 332 g/mol. The van der Waals surface area contributed by atoms with Crippen LogP contribution in [0.3, 0.4) is 0 Å². The van der Waals surface area contributed by atoms with E-state index in [1.165, 1.54) is 57.1 Å². The van der Waals surface area contributed by atoms with E-state index in [0.29, 0.717) is 12.0 Å². The minimum atomic E-state index is 0.141. The van der Waals surface area contributed by atoms with Crippen molar-refractivity contribution in [2.24, 2.45) is 11.8 Å². The molecule has 148 valence electrons. The minimum Gasteiger partial charge on any atom is -0.353 e. The first-order valence-corrected chi connectivity index (χ1v) is 11.2. The molecule has 1 unspecified atom stereocenters. The zero-order chi connectivity index (χ0) is 18.9. The fourth-order valence-electron chi connectivity index (χ4n) is 6.68. The number of nitrogens with one attached hydrogen (secondary N) is 1. The number of fused-ring (bicyclic) bond motifs is 1. The topological polar surface area (TPSA) is 32.3 Å². The van der Waals surface area contributed by atoms with Gasteiger partial charge in [0.2, 0.25) is 5.91 Å². The molecular formula is C24H36N2O. The van der Waals surface area contributed by atoms with E-state index in [-0.39, 0.29) is 11.3 Å². The molecule has 0 bridgehead atoms. The Balaban J connectivity index is 1.82. The van der Waals surface area contributed by atoms with Crippen molar-refractivity contribution in [1.82, 2.24) is 10.2 Å². The van der Waals surface area contributed by atoms with Crippen molar-refractivity contribution in [3.05, 3.63) is 35.4 Å². The molecule has 27 heavy (non-hydrogen) atoms. The number of carbonyl (C=O) groups is 1. The normalized spacial score (nSPS) is 32.2. The van der Waals surface area contributed by atoms with Crippen molar-refractivity contribution >= 4 is 5.91 Å². The average molecular weight is 369 g/mol. The summed E-state index contributed by atoms with van der Waals surface area (Å²) in [5, 5.41) is 3.36. The monoisotopic (exact) mass is 368 g/mol. The number of rotatable bonds is 4. The molecule has 1 aromatic rings. The van der Waals surface area contributed by atoms with Gasteiger partial charge in [-0.25, -0.2) is 0 Å². The molecule has 1 heterocycles. The molecule has 3 aliphatic rings. The lowest BCUT2D eigenvalue weighted by atomic mass is 9.55. The van der Waals surface area contributed by atoms with Crippen LogP contribution in [0.15, 0.2) is 24.3 Å². The van der Waals surface area contributed by atoms with Crippen molar-refractivity contribution in [2.75, 3.05) is 13.1 Å². The zero-order valence-electron chi connectivity index (χ0n) is 17.2. The highest BCUT2D eigenvalue weighted by molar-refractivity contribution is 5.73. The molecule has 1 N–H and O–H groups in total. The van der Waals surface area contributed by atoms with Crippen molar-refractivity contribution < 1.29 is 4.79 Å². The van der Waals surface area contributed by atoms with E-state index in [1.807, 2.05) is 0 Å². The molecule has 1 amide bonds. The van der Waals surface area contributed by atoms with Gasteiger partial charge in [0.25, 0.3) is 0 Å². The van der Waals surface area contributed by atoms with Gasteiger partial charge < -0.3 is 5.32 Å². The average Bonchev–Trinajstić information content (AvgIpc) is 3.15. The number of nitrogens with zero attached hydrogens (tertiary/aromatic N) is 1. The first-order chi connectivity index (χ1) is 13.1. The van der Waals surface area contributed by atoms with Gasteiger partial charge in [0.1, 0.15) is 0 Å². The Hall–Kier alpha value is -1.35. The smallest absolute Gasteiger partial charge is 0.217 e. The summed E-state index contributed by atoms with van der Waals surface area (Å²) in [4.78, 5) is 14.6. The van der Waals surface area contributed by atoms with Crippen LogP contribution in [0.2, 0.25) is 0 Å². The van der Waals surface area contributed by atoms with Crippen LogP contribution in [0.1, 0.15) is 76.3 Å². The number of hydrogen-bond acceptors (Lipinski definition) is 2. The maximum Gasteiger partial charge on any atom is 0.217 e. The van der Waals surface area contributed by atoms with Crippen molar-refractivity contribution in [3.8, 4) is 0 Å². The highest BCUT2D eigenvalue weighted by atomic mass is 16.1. The third kappa shape index (κ3) is 3.44. The van der Waals surface area contributed by atoms with Gasteiger partial charge in [0.15, 0.2) is 0 Å². The van der Waals surface area contributed by atoms with E-state index < -0.39 is 0 Å². The quantitative estimate of drug-likeness (QED) is 0.839. The van der Waals surface area contributed by atoms with Gasteiger partial charge in [-0.2, -0.15) is 0 Å². The highest BCUT2D eigenvalue weighted by Gasteiger charge is 2.53. The Morgan fingerprint density at radius 2 is 1.89 bits per heavy atom. The predicted octanol–water partition coefficient (Wildman–Crippen LogP) is 4.65. The van der Waals surface area contributed by atoms with Crippen LogP contribution in [0.5, 0.6) is 0 Å². The summed E-state index contributed by atoms with van der Waals surface area (Å²) >= 11 is 0. The summed E-state index contributed by atoms with van der Waals surface area (Å²) in [7, 11) is 0. The first-order valence-electron chi connectivity index (χ1n) is 11.2. The Labute approximate surface area is 164 Å². The second-order valence-electron chi connectivity index (χ2n) is 9.18. The zero-order valence-corrected chi connectivity index (χ0v) is 17.2. The summed E-state index contributed by atoms with van der Waals surface area (Å²) < 4.78 is 0. The molecule has 4 rings (SSSR count). The van der Waals surface area contributed by atoms with Gasteiger partial charge in [0.05, 0.1) is 0 Å². The maximum absolute atomic E-state index is 12.0. The highest BCUT2D eigenvalue weighted by Crippen LogP contribution is 2.54. The largest absolute Gasteiger partial charge is 0.353 e.